The van der Waals surface area contributed by atoms with Crippen LogP contribution in [0, 0.1) is 0 Å². The Balaban J connectivity index is 2.91. The highest BCUT2D eigenvalue weighted by Crippen LogP contribution is 2.28. The van der Waals surface area contributed by atoms with Crippen molar-refractivity contribution in [2.45, 2.75) is 12.4 Å². The van der Waals surface area contributed by atoms with Crippen molar-refractivity contribution < 1.29 is 26.3 Å². The second-order valence-corrected chi connectivity index (χ2v) is 3.25. The van der Waals surface area contributed by atoms with Crippen LogP contribution < -0.4 is 5.32 Å². The fourth-order valence-corrected chi connectivity index (χ4v) is 1.01. The van der Waals surface area contributed by atoms with E-state index in [9.17, 15) is 26.3 Å². The lowest BCUT2D eigenvalue weighted by atomic mass is 10.5. The fourth-order valence-electron chi connectivity index (χ4n) is 0.826. The molecule has 1 N–H and O–H groups in total. The van der Waals surface area contributed by atoms with Gasteiger partial charge in [0.05, 0.1) is 0 Å². The average molecular weight is 280 g/mol. The van der Waals surface area contributed by atoms with Gasteiger partial charge in [-0.2, -0.15) is 26.3 Å². The Morgan fingerprint density at radius 3 is 2.18 bits per heavy atom. The molecule has 0 aliphatic rings. The third kappa shape index (κ3) is 4.63. The van der Waals surface area contributed by atoms with E-state index >= 15 is 0 Å². The Labute approximate surface area is 95.8 Å². The lowest BCUT2D eigenvalue weighted by molar-refractivity contribution is -0.144. The van der Waals surface area contributed by atoms with Gasteiger partial charge < -0.3 is 5.32 Å². The van der Waals surface area contributed by atoms with E-state index in [0.29, 0.717) is 0 Å². The Morgan fingerprint density at radius 1 is 1.12 bits per heavy atom. The number of alkyl halides is 6. The normalized spacial score (nSPS) is 12.6. The van der Waals surface area contributed by atoms with Gasteiger partial charge in [0, 0.05) is 6.07 Å². The van der Waals surface area contributed by atoms with Gasteiger partial charge in [-0.15, -0.1) is 0 Å². The third-order valence-corrected chi connectivity index (χ3v) is 1.61. The maximum atomic E-state index is 12.2. The highest BCUT2D eigenvalue weighted by atomic mass is 35.5. The van der Waals surface area contributed by atoms with Crippen molar-refractivity contribution in [3.63, 3.8) is 0 Å². The number of nitrogens with one attached hydrogen (secondary N) is 1. The van der Waals surface area contributed by atoms with Crippen molar-refractivity contribution in [2.24, 2.45) is 0 Å². The number of nitrogens with zero attached hydrogens (tertiary/aromatic N) is 2. The maximum Gasteiger partial charge on any atom is 0.451 e. The SMILES string of the molecule is FC(F)(F)CNc1cc(Cl)nc(C(F)(F)F)n1. The quantitative estimate of drug-likeness (QED) is 0.668. The Hall–Kier alpha value is -1.25. The number of halogens is 7. The first-order valence-electron chi connectivity index (χ1n) is 4.00. The number of aromatic nitrogens is 2. The summed E-state index contributed by atoms with van der Waals surface area (Å²) in [5.74, 6) is -2.25. The minimum Gasteiger partial charge on any atom is -0.361 e. The summed E-state index contributed by atoms with van der Waals surface area (Å²) in [7, 11) is 0. The number of hydrogen-bond donors (Lipinski definition) is 1. The standard InChI is InChI=1S/C7H4ClF6N3/c8-3-1-4(15-2-6(9,10)11)17-5(16-3)7(12,13)14/h1H,2H2,(H,15,16,17). The van der Waals surface area contributed by atoms with Crippen LogP contribution in [0.3, 0.4) is 0 Å². The highest BCUT2D eigenvalue weighted by molar-refractivity contribution is 6.29. The van der Waals surface area contributed by atoms with Crippen molar-refractivity contribution in [2.75, 3.05) is 11.9 Å². The summed E-state index contributed by atoms with van der Waals surface area (Å²) in [5.41, 5.74) is 0. The molecule has 17 heavy (non-hydrogen) atoms. The number of anilines is 1. The zero-order chi connectivity index (χ0) is 13.3. The molecule has 1 aromatic rings. The molecule has 0 unspecified atom stereocenters. The molecule has 0 amide bonds. The zero-order valence-electron chi connectivity index (χ0n) is 7.82. The Bertz CT molecular complexity index is 402. The molecule has 0 radical (unpaired) electrons. The molecule has 10 heteroatoms. The van der Waals surface area contributed by atoms with Crippen LogP contribution in [0.25, 0.3) is 0 Å². The molecule has 1 rings (SSSR count). The lowest BCUT2D eigenvalue weighted by Crippen LogP contribution is -2.22. The highest BCUT2D eigenvalue weighted by Gasteiger charge is 2.35. The molecule has 0 spiro atoms. The molecule has 0 aliphatic carbocycles. The van der Waals surface area contributed by atoms with Gasteiger partial charge in [0.1, 0.15) is 17.5 Å². The summed E-state index contributed by atoms with van der Waals surface area (Å²) < 4.78 is 72.0. The first kappa shape index (κ1) is 13.8. The third-order valence-electron chi connectivity index (χ3n) is 1.42. The zero-order valence-corrected chi connectivity index (χ0v) is 8.58. The summed E-state index contributed by atoms with van der Waals surface area (Å²) in [5, 5.41) is 1.08. The number of rotatable bonds is 2. The van der Waals surface area contributed by atoms with Crippen molar-refractivity contribution in [1.29, 1.82) is 0 Å². The van der Waals surface area contributed by atoms with Crippen LogP contribution >= 0.6 is 11.6 Å². The van der Waals surface area contributed by atoms with E-state index in [2.05, 4.69) is 9.97 Å². The molecule has 0 aliphatic heterocycles. The fraction of sp³-hybridized carbons (Fsp3) is 0.429. The molecule has 0 atom stereocenters. The molecule has 0 bridgehead atoms. The van der Waals surface area contributed by atoms with Crippen LogP contribution in [-0.4, -0.2) is 22.7 Å². The van der Waals surface area contributed by atoms with Crippen LogP contribution in [0.2, 0.25) is 5.15 Å². The molecule has 0 saturated heterocycles. The maximum absolute atomic E-state index is 12.2. The molecule has 1 heterocycles. The van der Waals surface area contributed by atoms with Gasteiger partial charge in [0.25, 0.3) is 0 Å². The molecule has 3 nitrogen and oxygen atoms in total. The van der Waals surface area contributed by atoms with E-state index in [1.807, 2.05) is 0 Å². The number of hydrogen-bond acceptors (Lipinski definition) is 3. The minimum absolute atomic E-state index is 0.600. The van der Waals surface area contributed by atoms with Crippen molar-refractivity contribution in [3.8, 4) is 0 Å². The van der Waals surface area contributed by atoms with E-state index in [1.54, 1.807) is 5.32 Å². The molecular formula is C7H4ClF6N3. The Morgan fingerprint density at radius 2 is 1.71 bits per heavy atom. The smallest absolute Gasteiger partial charge is 0.361 e. The summed E-state index contributed by atoms with van der Waals surface area (Å²) >= 11 is 5.23. The van der Waals surface area contributed by atoms with Crippen molar-refractivity contribution in [3.05, 3.63) is 17.0 Å². The van der Waals surface area contributed by atoms with Crippen molar-refractivity contribution in [1.82, 2.24) is 9.97 Å². The lowest BCUT2D eigenvalue weighted by Gasteiger charge is -2.11. The predicted octanol–water partition coefficient (Wildman–Crippen LogP) is 3.12. The molecule has 0 aromatic carbocycles. The van der Waals surface area contributed by atoms with Gasteiger partial charge in [-0.1, -0.05) is 11.6 Å². The summed E-state index contributed by atoms with van der Waals surface area (Å²) in [4.78, 5) is 5.73. The summed E-state index contributed by atoms with van der Waals surface area (Å²) in [6.45, 7) is -1.52. The van der Waals surface area contributed by atoms with E-state index in [1.165, 1.54) is 0 Å². The van der Waals surface area contributed by atoms with Crippen LogP contribution in [0.5, 0.6) is 0 Å². The molecule has 0 fully saturated rings. The Kier molecular flexibility index (Phi) is 3.70. The molecule has 96 valence electrons. The van der Waals surface area contributed by atoms with Gasteiger partial charge in [0.15, 0.2) is 0 Å². The summed E-state index contributed by atoms with van der Waals surface area (Å²) in [6.07, 6.45) is -9.45. The van der Waals surface area contributed by atoms with Gasteiger partial charge in [-0.25, -0.2) is 9.97 Å². The first-order chi connectivity index (χ1) is 7.58. The van der Waals surface area contributed by atoms with Gasteiger partial charge in [0.2, 0.25) is 5.82 Å². The van der Waals surface area contributed by atoms with Gasteiger partial charge in [-0.3, -0.25) is 0 Å². The van der Waals surface area contributed by atoms with Crippen LogP contribution in [-0.2, 0) is 6.18 Å². The van der Waals surface area contributed by atoms with Gasteiger partial charge >= 0.3 is 12.4 Å². The topological polar surface area (TPSA) is 37.8 Å². The minimum atomic E-state index is -4.88. The predicted molar refractivity (Wildman–Crippen MR) is 46.6 cm³/mol. The van der Waals surface area contributed by atoms with E-state index in [0.717, 1.165) is 6.07 Å². The van der Waals surface area contributed by atoms with E-state index < -0.39 is 35.7 Å². The molecule has 1 aromatic heterocycles. The van der Waals surface area contributed by atoms with Crippen LogP contribution in [0.4, 0.5) is 32.2 Å². The second-order valence-electron chi connectivity index (χ2n) is 2.87. The first-order valence-corrected chi connectivity index (χ1v) is 4.38. The van der Waals surface area contributed by atoms with Crippen LogP contribution in [0.15, 0.2) is 6.07 Å². The molecular weight excluding hydrogens is 276 g/mol. The molecule has 0 saturated carbocycles. The van der Waals surface area contributed by atoms with Gasteiger partial charge in [-0.05, 0) is 0 Å². The largest absolute Gasteiger partial charge is 0.451 e. The summed E-state index contributed by atoms with van der Waals surface area (Å²) in [6, 6.07) is 0.766. The van der Waals surface area contributed by atoms with E-state index in [-0.39, 0.29) is 0 Å². The van der Waals surface area contributed by atoms with Crippen LogP contribution in [0.1, 0.15) is 5.82 Å². The second kappa shape index (κ2) is 4.55. The average Bonchev–Trinajstić information content (AvgIpc) is 2.11. The van der Waals surface area contributed by atoms with E-state index in [4.69, 9.17) is 11.6 Å². The van der Waals surface area contributed by atoms with Crippen molar-refractivity contribution >= 4 is 17.4 Å². The monoisotopic (exact) mass is 279 g/mol.